The first-order chi connectivity index (χ1) is 15.6. The number of nitrogen functional groups attached to an aromatic ring is 1. The van der Waals surface area contributed by atoms with Crippen molar-refractivity contribution in [1.29, 1.82) is 0 Å². The molecule has 2 N–H and O–H groups in total. The molecule has 3 heterocycles. The summed E-state index contributed by atoms with van der Waals surface area (Å²) in [6, 6.07) is 15.8. The van der Waals surface area contributed by atoms with Gasteiger partial charge in [0, 0.05) is 18.0 Å². The number of benzene rings is 2. The van der Waals surface area contributed by atoms with E-state index < -0.39 is 0 Å². The van der Waals surface area contributed by atoms with Gasteiger partial charge in [-0.1, -0.05) is 18.2 Å². The maximum Gasteiger partial charge on any atom is 0.264 e. The third kappa shape index (κ3) is 4.06. The Labute approximate surface area is 188 Å². The first-order valence-corrected chi connectivity index (χ1v) is 12.5. The quantitative estimate of drug-likeness (QED) is 0.295. The summed E-state index contributed by atoms with van der Waals surface area (Å²) in [5, 5.41) is 0. The van der Waals surface area contributed by atoms with Crippen molar-refractivity contribution in [2.24, 2.45) is 0 Å². The highest BCUT2D eigenvalue weighted by atomic mass is 32.2. The highest BCUT2D eigenvalue weighted by Crippen LogP contribution is 2.30. The highest BCUT2D eigenvalue weighted by Gasteiger charge is 2.18. The van der Waals surface area contributed by atoms with Gasteiger partial charge in [-0.2, -0.15) is 0 Å². The van der Waals surface area contributed by atoms with Crippen LogP contribution in [-0.2, 0) is 22.4 Å². The van der Waals surface area contributed by atoms with Gasteiger partial charge in [0.2, 0.25) is 0 Å². The Balaban J connectivity index is 1.53. The average Bonchev–Trinajstić information content (AvgIpc) is 3.37. The summed E-state index contributed by atoms with van der Waals surface area (Å²) in [5.41, 5.74) is 11.7. The van der Waals surface area contributed by atoms with Crippen molar-refractivity contribution in [2.75, 3.05) is 30.6 Å². The Morgan fingerprint density at radius 2 is 1.88 bits per heavy atom. The van der Waals surface area contributed by atoms with Crippen molar-refractivity contribution < 1.29 is 9.15 Å². The number of ether oxygens (including phenoxy) is 1. The fourth-order valence-corrected chi connectivity index (χ4v) is 4.02. The number of fused-ring (bicyclic) bond motifs is 2. The molecule has 5 aromatic rings. The second-order valence-corrected chi connectivity index (χ2v) is 10.2. The van der Waals surface area contributed by atoms with Gasteiger partial charge >= 0.3 is 0 Å². The second-order valence-electron chi connectivity index (χ2n) is 7.79. The normalized spacial score (nSPS) is 11.7. The molecule has 162 valence electrons. The van der Waals surface area contributed by atoms with Crippen LogP contribution in [0.15, 0.2) is 65.3 Å². The Hall–Kier alpha value is -3.36. The number of pyridine rings is 1. The molecule has 0 spiro atoms. The number of nitrogens with zero attached hydrogens (tertiary/aromatic N) is 4. The average molecular weight is 447 g/mol. The number of aromatic nitrogens is 4. The summed E-state index contributed by atoms with van der Waals surface area (Å²) in [5.74, 6) is 2.15. The van der Waals surface area contributed by atoms with E-state index in [1.807, 2.05) is 53.1 Å². The Bertz CT molecular complexity index is 1390. The SMILES string of the molecule is C[S+](C)CCOCn1c(-c2nc3ccc(-c4cncc(N)c4)cc3o2)nc2ccccc21. The van der Waals surface area contributed by atoms with Gasteiger partial charge in [0.25, 0.3) is 5.89 Å². The third-order valence-electron chi connectivity index (χ3n) is 5.18. The first-order valence-electron chi connectivity index (χ1n) is 10.3. The molecule has 5 rings (SSSR count). The highest BCUT2D eigenvalue weighted by molar-refractivity contribution is 7.95. The molecule has 8 heteroatoms. The molecular weight excluding hydrogens is 422 g/mol. The minimum absolute atomic E-state index is 0.344. The van der Waals surface area contributed by atoms with Gasteiger partial charge in [-0.3, -0.25) is 9.55 Å². The van der Waals surface area contributed by atoms with Gasteiger partial charge in [0.05, 0.1) is 35.8 Å². The van der Waals surface area contributed by atoms with E-state index in [0.717, 1.165) is 33.4 Å². The van der Waals surface area contributed by atoms with Crippen LogP contribution in [0, 0.1) is 0 Å². The number of para-hydroxylation sites is 2. The molecule has 3 aromatic heterocycles. The largest absolute Gasteiger partial charge is 0.434 e. The molecule has 0 unspecified atom stereocenters. The smallest absolute Gasteiger partial charge is 0.264 e. The van der Waals surface area contributed by atoms with Crippen LogP contribution in [-0.4, -0.2) is 44.4 Å². The predicted molar refractivity (Wildman–Crippen MR) is 130 cm³/mol. The summed E-state index contributed by atoms with van der Waals surface area (Å²) < 4.78 is 14.1. The van der Waals surface area contributed by atoms with Crippen molar-refractivity contribution in [1.82, 2.24) is 19.5 Å². The van der Waals surface area contributed by atoms with E-state index in [-0.39, 0.29) is 0 Å². The van der Waals surface area contributed by atoms with E-state index in [9.17, 15) is 0 Å². The molecule has 0 aliphatic heterocycles. The summed E-state index contributed by atoms with van der Waals surface area (Å²) in [4.78, 5) is 13.7. The number of nitrogens with two attached hydrogens (primary N) is 1. The molecular formula is C24H24N5O2S+. The third-order valence-corrected chi connectivity index (χ3v) is 6.17. The molecule has 2 aromatic carbocycles. The van der Waals surface area contributed by atoms with E-state index in [4.69, 9.17) is 24.9 Å². The molecule has 0 bridgehead atoms. The zero-order valence-corrected chi connectivity index (χ0v) is 18.8. The van der Waals surface area contributed by atoms with E-state index >= 15 is 0 Å². The van der Waals surface area contributed by atoms with Crippen molar-refractivity contribution in [3.8, 4) is 22.8 Å². The van der Waals surface area contributed by atoms with Crippen molar-refractivity contribution >= 4 is 38.7 Å². The van der Waals surface area contributed by atoms with Crippen LogP contribution < -0.4 is 5.73 Å². The molecule has 0 atom stereocenters. The van der Waals surface area contributed by atoms with Crippen LogP contribution in [0.5, 0.6) is 0 Å². The minimum Gasteiger partial charge on any atom is -0.434 e. The zero-order valence-electron chi connectivity index (χ0n) is 18.0. The van der Waals surface area contributed by atoms with Crippen molar-refractivity contribution in [3.05, 3.63) is 60.9 Å². The second kappa shape index (κ2) is 8.64. The molecule has 0 aliphatic carbocycles. The lowest BCUT2D eigenvalue weighted by Crippen LogP contribution is -2.12. The monoisotopic (exact) mass is 446 g/mol. The fourth-order valence-electron chi connectivity index (χ4n) is 3.57. The molecule has 0 saturated heterocycles. The number of rotatable bonds is 7. The Morgan fingerprint density at radius 1 is 1.00 bits per heavy atom. The van der Waals surface area contributed by atoms with Gasteiger partial charge in [-0.25, -0.2) is 9.97 Å². The number of imidazole rings is 1. The van der Waals surface area contributed by atoms with Crippen LogP contribution in [0.1, 0.15) is 0 Å². The number of oxazole rings is 1. The summed E-state index contributed by atoms with van der Waals surface area (Å²) in [7, 11) is 0.344. The van der Waals surface area contributed by atoms with Crippen molar-refractivity contribution in [3.63, 3.8) is 0 Å². The lowest BCUT2D eigenvalue weighted by atomic mass is 10.1. The number of hydrogen-bond donors (Lipinski definition) is 1. The standard InChI is InChI=1S/C24H24N5O2S/c1-32(2)10-9-30-15-29-21-6-4-3-5-19(21)27-23(29)24-28-20-8-7-16(12-22(20)31-24)17-11-18(25)14-26-13-17/h3-8,11-14H,9-10,15,25H2,1-2H3/q+1. The zero-order chi connectivity index (χ0) is 22.1. The lowest BCUT2D eigenvalue weighted by Gasteiger charge is -2.08. The van der Waals surface area contributed by atoms with E-state index in [0.29, 0.717) is 47.2 Å². The molecule has 0 radical (unpaired) electrons. The predicted octanol–water partition coefficient (Wildman–Crippen LogP) is 4.34. The van der Waals surface area contributed by atoms with Crippen LogP contribution in [0.25, 0.3) is 45.0 Å². The Kier molecular flexibility index (Phi) is 5.55. The van der Waals surface area contributed by atoms with Gasteiger partial charge in [-0.15, -0.1) is 0 Å². The van der Waals surface area contributed by atoms with Crippen LogP contribution in [0.3, 0.4) is 0 Å². The number of anilines is 1. The van der Waals surface area contributed by atoms with Gasteiger partial charge in [-0.05, 0) is 46.8 Å². The molecule has 32 heavy (non-hydrogen) atoms. The van der Waals surface area contributed by atoms with Crippen LogP contribution >= 0.6 is 0 Å². The van der Waals surface area contributed by atoms with E-state index in [2.05, 4.69) is 17.5 Å². The van der Waals surface area contributed by atoms with Crippen LogP contribution in [0.4, 0.5) is 5.69 Å². The summed E-state index contributed by atoms with van der Waals surface area (Å²) in [6.07, 6.45) is 7.84. The Morgan fingerprint density at radius 3 is 2.72 bits per heavy atom. The first kappa shape index (κ1) is 20.5. The maximum absolute atomic E-state index is 6.16. The fraction of sp³-hybridized carbons (Fsp3) is 0.208. The van der Waals surface area contributed by atoms with Crippen LogP contribution in [0.2, 0.25) is 0 Å². The van der Waals surface area contributed by atoms with Gasteiger partial charge in [0.1, 0.15) is 18.0 Å². The van der Waals surface area contributed by atoms with Crippen molar-refractivity contribution in [2.45, 2.75) is 6.73 Å². The summed E-state index contributed by atoms with van der Waals surface area (Å²) >= 11 is 0. The topological polar surface area (TPSA) is 92.0 Å². The molecule has 7 nitrogen and oxygen atoms in total. The molecule has 0 saturated carbocycles. The van der Waals surface area contributed by atoms with E-state index in [1.54, 1.807) is 12.4 Å². The molecule has 0 fully saturated rings. The van der Waals surface area contributed by atoms with Gasteiger partial charge < -0.3 is 14.9 Å². The van der Waals surface area contributed by atoms with E-state index in [1.165, 1.54) is 0 Å². The van der Waals surface area contributed by atoms with Gasteiger partial charge in [0.15, 0.2) is 11.4 Å². The summed E-state index contributed by atoms with van der Waals surface area (Å²) in [6.45, 7) is 1.10. The minimum atomic E-state index is 0.344. The maximum atomic E-state index is 6.16. The number of hydrogen-bond acceptors (Lipinski definition) is 6. The lowest BCUT2D eigenvalue weighted by molar-refractivity contribution is 0.0932. The molecule has 0 aliphatic rings. The molecule has 0 amide bonds.